The van der Waals surface area contributed by atoms with Crippen LogP contribution in [-0.4, -0.2) is 34.4 Å². The van der Waals surface area contributed by atoms with Crippen LogP contribution in [0.15, 0.2) is 18.3 Å². The molecular formula is C14H22N2O2. The Labute approximate surface area is 108 Å². The molecule has 4 nitrogen and oxygen atoms in total. The molecule has 4 heteroatoms. The van der Waals surface area contributed by atoms with Crippen molar-refractivity contribution in [3.8, 4) is 0 Å². The minimum absolute atomic E-state index is 0.149. The van der Waals surface area contributed by atoms with Gasteiger partial charge in [-0.25, -0.2) is 4.98 Å². The van der Waals surface area contributed by atoms with Crippen LogP contribution in [0.1, 0.15) is 44.3 Å². The summed E-state index contributed by atoms with van der Waals surface area (Å²) in [6.45, 7) is 2.52. The minimum Gasteiger partial charge on any atom is -0.395 e. The van der Waals surface area contributed by atoms with E-state index in [9.17, 15) is 10.2 Å². The van der Waals surface area contributed by atoms with Crippen molar-refractivity contribution in [2.75, 3.05) is 18.1 Å². The van der Waals surface area contributed by atoms with Gasteiger partial charge in [-0.05, 0) is 31.4 Å². The molecule has 0 aromatic carbocycles. The topological polar surface area (TPSA) is 56.6 Å². The Bertz CT molecular complexity index is 359. The van der Waals surface area contributed by atoms with E-state index in [1.165, 1.54) is 25.7 Å². The highest BCUT2D eigenvalue weighted by Gasteiger charge is 2.23. The van der Waals surface area contributed by atoms with Crippen molar-refractivity contribution in [2.45, 2.75) is 44.8 Å². The standard InChI is InChI=1S/C14H22N2O2/c1-11(18)12-6-7-14(15-10-12)16(8-9-17)13-4-2-3-5-13/h6-7,10-11,13,17-18H,2-5,8-9H2,1H3/t11-/m0/s1. The van der Waals surface area contributed by atoms with Gasteiger partial charge in [-0.3, -0.25) is 0 Å². The summed E-state index contributed by atoms with van der Waals surface area (Å²) in [6.07, 6.45) is 6.12. The average Bonchev–Trinajstić information content (AvgIpc) is 2.90. The first-order valence-electron chi connectivity index (χ1n) is 6.74. The van der Waals surface area contributed by atoms with Crippen molar-refractivity contribution in [3.05, 3.63) is 23.9 Å². The molecule has 1 aromatic heterocycles. The van der Waals surface area contributed by atoms with E-state index < -0.39 is 6.10 Å². The number of aromatic nitrogens is 1. The molecule has 1 heterocycles. The maximum atomic E-state index is 9.47. The molecule has 1 aromatic rings. The molecule has 2 N–H and O–H groups in total. The molecule has 1 atom stereocenters. The fraction of sp³-hybridized carbons (Fsp3) is 0.643. The third-order valence-electron chi connectivity index (χ3n) is 3.65. The lowest BCUT2D eigenvalue weighted by Crippen LogP contribution is -2.36. The predicted octanol–water partition coefficient (Wildman–Crippen LogP) is 1.88. The summed E-state index contributed by atoms with van der Waals surface area (Å²) in [4.78, 5) is 6.61. The Morgan fingerprint density at radius 2 is 2.11 bits per heavy atom. The Morgan fingerprint density at radius 1 is 1.39 bits per heavy atom. The van der Waals surface area contributed by atoms with Crippen molar-refractivity contribution < 1.29 is 10.2 Å². The third kappa shape index (κ3) is 3.00. The molecule has 0 aliphatic heterocycles. The van der Waals surface area contributed by atoms with Crippen LogP contribution in [0, 0.1) is 0 Å². The van der Waals surface area contributed by atoms with Crippen LogP contribution in [0.2, 0.25) is 0 Å². The first-order chi connectivity index (χ1) is 8.72. The number of aliphatic hydroxyl groups excluding tert-OH is 2. The highest BCUT2D eigenvalue weighted by atomic mass is 16.3. The zero-order chi connectivity index (χ0) is 13.0. The lowest BCUT2D eigenvalue weighted by Gasteiger charge is -2.29. The van der Waals surface area contributed by atoms with E-state index in [1.54, 1.807) is 13.1 Å². The number of pyridine rings is 1. The molecule has 1 aliphatic carbocycles. The molecule has 0 unspecified atom stereocenters. The second-order valence-electron chi connectivity index (χ2n) is 4.98. The number of hydrogen-bond donors (Lipinski definition) is 2. The van der Waals surface area contributed by atoms with Gasteiger partial charge in [0.25, 0.3) is 0 Å². The Kier molecular flexibility index (Phi) is 4.55. The summed E-state index contributed by atoms with van der Waals surface area (Å²) >= 11 is 0. The van der Waals surface area contributed by atoms with Gasteiger partial charge in [0.05, 0.1) is 12.7 Å². The van der Waals surface area contributed by atoms with Crippen LogP contribution >= 0.6 is 0 Å². The average molecular weight is 250 g/mol. The SMILES string of the molecule is C[C@H](O)c1ccc(N(CCO)C2CCCC2)nc1. The summed E-state index contributed by atoms with van der Waals surface area (Å²) in [5.74, 6) is 0.903. The van der Waals surface area contributed by atoms with Crippen LogP contribution in [0.25, 0.3) is 0 Å². The van der Waals surface area contributed by atoms with Gasteiger partial charge in [0.1, 0.15) is 5.82 Å². The van der Waals surface area contributed by atoms with Crippen LogP contribution in [0.4, 0.5) is 5.82 Å². The van der Waals surface area contributed by atoms with E-state index in [1.807, 2.05) is 12.1 Å². The van der Waals surface area contributed by atoms with Gasteiger partial charge in [-0.1, -0.05) is 18.9 Å². The summed E-state index contributed by atoms with van der Waals surface area (Å²) < 4.78 is 0. The summed E-state index contributed by atoms with van der Waals surface area (Å²) in [6, 6.07) is 4.35. The van der Waals surface area contributed by atoms with E-state index in [0.29, 0.717) is 12.6 Å². The molecular weight excluding hydrogens is 228 g/mol. The van der Waals surface area contributed by atoms with Gasteiger partial charge in [-0.15, -0.1) is 0 Å². The summed E-state index contributed by atoms with van der Waals surface area (Å²) in [5, 5.41) is 18.7. The second-order valence-corrected chi connectivity index (χ2v) is 4.98. The largest absolute Gasteiger partial charge is 0.395 e. The zero-order valence-corrected chi connectivity index (χ0v) is 10.9. The first-order valence-corrected chi connectivity index (χ1v) is 6.74. The van der Waals surface area contributed by atoms with Gasteiger partial charge >= 0.3 is 0 Å². The lowest BCUT2D eigenvalue weighted by molar-refractivity contribution is 0.199. The quantitative estimate of drug-likeness (QED) is 0.837. The molecule has 100 valence electrons. The molecule has 1 saturated carbocycles. The van der Waals surface area contributed by atoms with E-state index in [2.05, 4.69) is 9.88 Å². The van der Waals surface area contributed by atoms with Gasteiger partial charge in [-0.2, -0.15) is 0 Å². The van der Waals surface area contributed by atoms with E-state index in [4.69, 9.17) is 0 Å². The third-order valence-corrected chi connectivity index (χ3v) is 3.65. The second kappa shape index (κ2) is 6.16. The van der Waals surface area contributed by atoms with Crippen molar-refractivity contribution in [3.63, 3.8) is 0 Å². The van der Waals surface area contributed by atoms with Crippen molar-refractivity contribution in [2.24, 2.45) is 0 Å². The number of aliphatic hydroxyl groups is 2. The summed E-state index contributed by atoms with van der Waals surface area (Å²) in [5.41, 5.74) is 0.828. The van der Waals surface area contributed by atoms with Crippen molar-refractivity contribution in [1.82, 2.24) is 4.98 Å². The molecule has 18 heavy (non-hydrogen) atoms. The first kappa shape index (κ1) is 13.3. The molecule has 0 bridgehead atoms. The van der Waals surface area contributed by atoms with E-state index in [-0.39, 0.29) is 6.61 Å². The molecule has 0 spiro atoms. The fourth-order valence-electron chi connectivity index (χ4n) is 2.62. The normalized spacial score (nSPS) is 17.9. The molecule has 0 amide bonds. The van der Waals surface area contributed by atoms with E-state index in [0.717, 1.165) is 11.4 Å². The maximum Gasteiger partial charge on any atom is 0.128 e. The van der Waals surface area contributed by atoms with Crippen molar-refractivity contribution >= 4 is 5.82 Å². The molecule has 1 aliphatic rings. The van der Waals surface area contributed by atoms with Crippen LogP contribution in [-0.2, 0) is 0 Å². The Morgan fingerprint density at radius 3 is 2.61 bits per heavy atom. The molecule has 0 saturated heterocycles. The van der Waals surface area contributed by atoms with Gasteiger partial charge in [0, 0.05) is 18.8 Å². The van der Waals surface area contributed by atoms with E-state index >= 15 is 0 Å². The van der Waals surface area contributed by atoms with Crippen LogP contribution in [0.5, 0.6) is 0 Å². The highest BCUT2D eigenvalue weighted by Crippen LogP contribution is 2.27. The molecule has 1 fully saturated rings. The number of nitrogens with zero attached hydrogens (tertiary/aromatic N) is 2. The minimum atomic E-state index is -0.482. The highest BCUT2D eigenvalue weighted by molar-refractivity contribution is 5.41. The van der Waals surface area contributed by atoms with Crippen molar-refractivity contribution in [1.29, 1.82) is 0 Å². The summed E-state index contributed by atoms with van der Waals surface area (Å²) in [7, 11) is 0. The zero-order valence-electron chi connectivity index (χ0n) is 10.9. The maximum absolute atomic E-state index is 9.47. The van der Waals surface area contributed by atoms with Gasteiger partial charge < -0.3 is 15.1 Å². The monoisotopic (exact) mass is 250 g/mol. The smallest absolute Gasteiger partial charge is 0.128 e. The number of anilines is 1. The van der Waals surface area contributed by atoms with Crippen LogP contribution < -0.4 is 4.90 Å². The van der Waals surface area contributed by atoms with Gasteiger partial charge in [0.15, 0.2) is 0 Å². The Balaban J connectivity index is 2.14. The Hall–Kier alpha value is -1.13. The molecule has 0 radical (unpaired) electrons. The van der Waals surface area contributed by atoms with Gasteiger partial charge in [0.2, 0.25) is 0 Å². The fourth-order valence-corrected chi connectivity index (χ4v) is 2.62. The predicted molar refractivity (Wildman–Crippen MR) is 71.6 cm³/mol. The molecule has 2 rings (SSSR count). The lowest BCUT2D eigenvalue weighted by atomic mass is 10.1. The number of hydrogen-bond acceptors (Lipinski definition) is 4. The van der Waals surface area contributed by atoms with Crippen LogP contribution in [0.3, 0.4) is 0 Å². The number of rotatable bonds is 5.